The highest BCUT2D eigenvalue weighted by Crippen LogP contribution is 2.58. The summed E-state index contributed by atoms with van der Waals surface area (Å²) < 4.78 is 0. The Hall–Kier alpha value is -0.860. The van der Waals surface area contributed by atoms with Crippen LogP contribution in [0.4, 0.5) is 0 Å². The minimum absolute atomic E-state index is 0.356. The fraction of sp³-hybridized carbons (Fsp3) is 0.941. The van der Waals surface area contributed by atoms with Gasteiger partial charge >= 0.3 is 5.97 Å². The highest BCUT2D eigenvalue weighted by molar-refractivity contribution is 5.87. The fourth-order valence-electron chi connectivity index (χ4n) is 9.08. The SMILES string of the molecule is O=CC(C(=O)O)C(C1CCCCCCCCC1)(C1CCCCCCCCC1)C1CCCCCCCCC1. The highest BCUT2D eigenvalue weighted by atomic mass is 16.4. The number of carboxylic acids is 1. The average Bonchev–Trinajstić information content (AvgIpc) is 2.92. The van der Waals surface area contributed by atoms with E-state index in [1.165, 1.54) is 135 Å². The lowest BCUT2D eigenvalue weighted by atomic mass is 9.48. The number of rotatable bonds is 6. The third-order valence-corrected chi connectivity index (χ3v) is 10.9. The summed E-state index contributed by atoms with van der Waals surface area (Å²) >= 11 is 0. The minimum Gasteiger partial charge on any atom is -0.481 e. The first kappa shape index (κ1) is 30.7. The molecule has 214 valence electrons. The van der Waals surface area contributed by atoms with Gasteiger partial charge < -0.3 is 9.90 Å². The average molecular weight is 517 g/mol. The molecule has 0 aliphatic heterocycles. The molecule has 3 fully saturated rings. The van der Waals surface area contributed by atoms with Gasteiger partial charge in [-0.3, -0.25) is 4.79 Å². The van der Waals surface area contributed by atoms with E-state index in [0.717, 1.165) is 44.8 Å². The monoisotopic (exact) mass is 516 g/mol. The van der Waals surface area contributed by atoms with Gasteiger partial charge in [-0.2, -0.15) is 0 Å². The zero-order chi connectivity index (χ0) is 26.2. The molecule has 0 aromatic heterocycles. The van der Waals surface area contributed by atoms with Crippen molar-refractivity contribution in [2.75, 3.05) is 0 Å². The second kappa shape index (κ2) is 17.7. The molecule has 0 heterocycles. The lowest BCUT2D eigenvalue weighted by Gasteiger charge is -2.55. The number of hydrogen-bond acceptors (Lipinski definition) is 2. The quantitative estimate of drug-likeness (QED) is 0.282. The molecular weight excluding hydrogens is 456 g/mol. The first-order valence-corrected chi connectivity index (χ1v) is 16.9. The van der Waals surface area contributed by atoms with Gasteiger partial charge in [-0.25, -0.2) is 0 Å². The number of aldehydes is 1. The Balaban J connectivity index is 2.09. The first-order chi connectivity index (χ1) is 18.2. The molecule has 0 radical (unpaired) electrons. The molecule has 0 aromatic rings. The van der Waals surface area contributed by atoms with E-state index in [9.17, 15) is 14.7 Å². The van der Waals surface area contributed by atoms with Gasteiger partial charge in [0.1, 0.15) is 12.2 Å². The van der Waals surface area contributed by atoms with Crippen LogP contribution in [-0.2, 0) is 9.59 Å². The normalized spacial score (nSPS) is 25.5. The van der Waals surface area contributed by atoms with E-state index in [1.54, 1.807) is 0 Å². The van der Waals surface area contributed by atoms with Crippen molar-refractivity contribution >= 4 is 12.3 Å². The maximum atomic E-state index is 13.1. The van der Waals surface area contributed by atoms with Gasteiger partial charge in [-0.05, 0) is 61.7 Å². The van der Waals surface area contributed by atoms with Gasteiger partial charge in [-0.15, -0.1) is 0 Å². The lowest BCUT2D eigenvalue weighted by molar-refractivity contribution is -0.162. The second-order valence-electron chi connectivity index (χ2n) is 13.2. The molecule has 1 unspecified atom stereocenters. The number of hydrogen-bond donors (Lipinski definition) is 1. The molecule has 3 heteroatoms. The van der Waals surface area contributed by atoms with Crippen molar-refractivity contribution in [3.8, 4) is 0 Å². The smallest absolute Gasteiger partial charge is 0.314 e. The number of carbonyl (C=O) groups is 2. The van der Waals surface area contributed by atoms with Crippen LogP contribution in [0.25, 0.3) is 0 Å². The molecule has 3 aliphatic rings. The molecule has 1 N–H and O–H groups in total. The molecule has 3 saturated carbocycles. The molecule has 1 atom stereocenters. The van der Waals surface area contributed by atoms with Crippen LogP contribution < -0.4 is 0 Å². The van der Waals surface area contributed by atoms with Crippen LogP contribution in [0, 0.1) is 29.1 Å². The van der Waals surface area contributed by atoms with Crippen molar-refractivity contribution < 1.29 is 14.7 Å². The van der Waals surface area contributed by atoms with Crippen LogP contribution in [0.5, 0.6) is 0 Å². The molecule has 0 bridgehead atoms. The molecule has 0 saturated heterocycles. The second-order valence-corrected chi connectivity index (χ2v) is 13.2. The van der Waals surface area contributed by atoms with Crippen molar-refractivity contribution in [1.29, 1.82) is 0 Å². The Labute approximate surface area is 229 Å². The summed E-state index contributed by atoms with van der Waals surface area (Å²) in [5.41, 5.74) is -0.356. The molecule has 3 aliphatic carbocycles. The van der Waals surface area contributed by atoms with Gasteiger partial charge in [0.25, 0.3) is 0 Å². The van der Waals surface area contributed by atoms with Crippen LogP contribution >= 0.6 is 0 Å². The number of aliphatic carboxylic acids is 1. The van der Waals surface area contributed by atoms with Crippen molar-refractivity contribution in [3.63, 3.8) is 0 Å². The summed E-state index contributed by atoms with van der Waals surface area (Å²) in [5.74, 6) is -0.490. The molecule has 37 heavy (non-hydrogen) atoms. The van der Waals surface area contributed by atoms with Crippen LogP contribution in [0.3, 0.4) is 0 Å². The summed E-state index contributed by atoms with van der Waals surface area (Å²) in [4.78, 5) is 26.1. The van der Waals surface area contributed by atoms with Crippen LogP contribution in [0.2, 0.25) is 0 Å². The lowest BCUT2D eigenvalue weighted by Crippen LogP contribution is -2.53. The number of carbonyl (C=O) groups excluding carboxylic acids is 1. The van der Waals surface area contributed by atoms with E-state index in [-0.39, 0.29) is 5.41 Å². The van der Waals surface area contributed by atoms with E-state index in [4.69, 9.17) is 0 Å². The zero-order valence-corrected chi connectivity index (χ0v) is 24.2. The van der Waals surface area contributed by atoms with Crippen LogP contribution in [-0.4, -0.2) is 17.4 Å². The van der Waals surface area contributed by atoms with E-state index in [0.29, 0.717) is 17.8 Å². The van der Waals surface area contributed by atoms with E-state index in [1.807, 2.05) is 0 Å². The topological polar surface area (TPSA) is 54.4 Å². The Morgan fingerprint density at radius 2 is 0.703 bits per heavy atom. The summed E-state index contributed by atoms with van der Waals surface area (Å²) in [6.45, 7) is 0. The first-order valence-electron chi connectivity index (χ1n) is 16.9. The minimum atomic E-state index is -0.832. The standard InChI is InChI=1S/C34H60O3/c35-28-32(33(36)37)34(29-22-16-10-4-1-5-11-17-23-29,30-24-18-12-6-2-7-13-19-25-30)31-26-20-14-8-3-9-15-21-27-31/h28-32H,1-27H2,(H,36,37). The molecule has 0 amide bonds. The number of carboxylic acid groups (broad SMARTS) is 1. The van der Waals surface area contributed by atoms with Crippen LogP contribution in [0.1, 0.15) is 173 Å². The van der Waals surface area contributed by atoms with Gasteiger partial charge in [-0.1, -0.05) is 135 Å². The van der Waals surface area contributed by atoms with E-state index < -0.39 is 11.9 Å². The van der Waals surface area contributed by atoms with Crippen molar-refractivity contribution in [1.82, 2.24) is 0 Å². The maximum Gasteiger partial charge on any atom is 0.314 e. The predicted molar refractivity (Wildman–Crippen MR) is 155 cm³/mol. The summed E-state index contributed by atoms with van der Waals surface area (Å²) in [7, 11) is 0. The third kappa shape index (κ3) is 9.10. The van der Waals surface area contributed by atoms with Crippen molar-refractivity contribution in [2.45, 2.75) is 173 Å². The summed E-state index contributed by atoms with van der Waals surface area (Å²) in [5, 5.41) is 10.7. The largest absolute Gasteiger partial charge is 0.481 e. The zero-order valence-electron chi connectivity index (χ0n) is 24.2. The summed E-state index contributed by atoms with van der Waals surface area (Å²) in [6, 6.07) is 0. The maximum absolute atomic E-state index is 13.1. The molecule has 3 nitrogen and oxygen atoms in total. The molecule has 0 aromatic carbocycles. The third-order valence-electron chi connectivity index (χ3n) is 10.9. The molecule has 3 rings (SSSR count). The van der Waals surface area contributed by atoms with E-state index >= 15 is 0 Å². The van der Waals surface area contributed by atoms with E-state index in [2.05, 4.69) is 0 Å². The predicted octanol–water partition coefficient (Wildman–Crippen LogP) is 10.3. The Kier molecular flexibility index (Phi) is 14.7. The van der Waals surface area contributed by atoms with Gasteiger partial charge in [0.2, 0.25) is 0 Å². The van der Waals surface area contributed by atoms with Gasteiger partial charge in [0, 0.05) is 0 Å². The Bertz CT molecular complexity index is 534. The van der Waals surface area contributed by atoms with Gasteiger partial charge in [0.15, 0.2) is 0 Å². The fourth-order valence-corrected chi connectivity index (χ4v) is 9.08. The highest BCUT2D eigenvalue weighted by Gasteiger charge is 2.56. The molecule has 0 spiro atoms. The summed E-state index contributed by atoms with van der Waals surface area (Å²) in [6.07, 6.45) is 34.8. The van der Waals surface area contributed by atoms with Gasteiger partial charge in [0.05, 0.1) is 0 Å². The Morgan fingerprint density at radius 3 is 0.892 bits per heavy atom. The van der Waals surface area contributed by atoms with Crippen LogP contribution in [0.15, 0.2) is 0 Å². The van der Waals surface area contributed by atoms with Crippen molar-refractivity contribution in [3.05, 3.63) is 0 Å². The molecular formula is C34H60O3. The van der Waals surface area contributed by atoms with Crippen molar-refractivity contribution in [2.24, 2.45) is 29.1 Å². The Morgan fingerprint density at radius 1 is 0.486 bits per heavy atom.